The van der Waals surface area contributed by atoms with Crippen LogP contribution in [0, 0.1) is 17.8 Å². The Kier molecular flexibility index (Phi) is 5.40. The number of unbranched alkanes of at least 4 members (excludes halogenated alkanes) is 1. The van der Waals surface area contributed by atoms with E-state index < -0.39 is 0 Å². The third-order valence-electron chi connectivity index (χ3n) is 5.62. The van der Waals surface area contributed by atoms with Gasteiger partial charge in [0.05, 0.1) is 24.7 Å². The number of hydrogen-bond acceptors (Lipinski definition) is 4. The molecule has 3 unspecified atom stereocenters. The lowest BCUT2D eigenvalue weighted by atomic mass is 9.92. The van der Waals surface area contributed by atoms with Gasteiger partial charge in [-0.3, -0.25) is 4.79 Å². The van der Waals surface area contributed by atoms with Crippen LogP contribution in [-0.2, 0) is 19.0 Å². The van der Waals surface area contributed by atoms with Crippen molar-refractivity contribution in [2.75, 3.05) is 6.61 Å². The van der Waals surface area contributed by atoms with Crippen LogP contribution in [-0.4, -0.2) is 31.1 Å². The minimum Gasteiger partial charge on any atom is -0.466 e. The van der Waals surface area contributed by atoms with Crippen LogP contribution in [0.15, 0.2) is 0 Å². The van der Waals surface area contributed by atoms with E-state index in [-0.39, 0.29) is 18.2 Å². The van der Waals surface area contributed by atoms with Gasteiger partial charge < -0.3 is 14.2 Å². The van der Waals surface area contributed by atoms with E-state index in [9.17, 15) is 4.79 Å². The average Bonchev–Trinajstić information content (AvgIpc) is 3.07. The highest BCUT2D eigenvalue weighted by atomic mass is 16.7. The molecule has 4 heteroatoms. The molecule has 0 amide bonds. The van der Waals surface area contributed by atoms with Gasteiger partial charge in [0.2, 0.25) is 0 Å². The Bertz CT molecular complexity index is 367. The lowest BCUT2D eigenvalue weighted by Gasteiger charge is -2.40. The topological polar surface area (TPSA) is 44.8 Å². The highest BCUT2D eigenvalue weighted by Gasteiger charge is 2.51. The molecule has 2 saturated carbocycles. The lowest BCUT2D eigenvalue weighted by Crippen LogP contribution is -2.44. The summed E-state index contributed by atoms with van der Waals surface area (Å²) < 4.78 is 17.5. The standard InChI is InChI=1S/C18H30O4/c1-3-5-6-13(18(19)20-4-2)7-8-17-21-15-10-12-9-14(15)16(11-12)22-17/h12-17H,3-11H2,1-2H3. The molecule has 0 aromatic rings. The molecule has 3 aliphatic rings. The van der Waals surface area contributed by atoms with Gasteiger partial charge in [0, 0.05) is 5.92 Å². The first kappa shape index (κ1) is 16.3. The molecule has 0 aromatic carbocycles. The van der Waals surface area contributed by atoms with E-state index in [1.807, 2.05) is 6.92 Å². The highest BCUT2D eigenvalue weighted by molar-refractivity contribution is 5.72. The second kappa shape index (κ2) is 7.31. The summed E-state index contributed by atoms with van der Waals surface area (Å²) in [4.78, 5) is 12.1. The number of esters is 1. The quantitative estimate of drug-likeness (QED) is 0.642. The Hall–Kier alpha value is -0.610. The van der Waals surface area contributed by atoms with E-state index in [1.165, 1.54) is 19.3 Å². The van der Waals surface area contributed by atoms with E-state index in [0.717, 1.165) is 38.0 Å². The Morgan fingerprint density at radius 1 is 1.14 bits per heavy atom. The molecule has 4 nitrogen and oxygen atoms in total. The number of rotatable bonds is 8. The minimum absolute atomic E-state index is 0.00235. The van der Waals surface area contributed by atoms with Crippen LogP contribution in [0.2, 0.25) is 0 Å². The summed E-state index contributed by atoms with van der Waals surface area (Å²) in [6, 6.07) is 0. The van der Waals surface area contributed by atoms with Gasteiger partial charge >= 0.3 is 5.97 Å². The molecular formula is C18H30O4. The zero-order valence-electron chi connectivity index (χ0n) is 14.0. The number of ether oxygens (including phenoxy) is 3. The van der Waals surface area contributed by atoms with E-state index in [1.54, 1.807) is 0 Å². The summed E-state index contributed by atoms with van der Waals surface area (Å²) in [5.74, 6) is 1.43. The molecule has 3 rings (SSSR count). The molecule has 0 spiro atoms. The largest absolute Gasteiger partial charge is 0.466 e. The van der Waals surface area contributed by atoms with Crippen molar-refractivity contribution in [2.24, 2.45) is 17.8 Å². The summed E-state index contributed by atoms with van der Waals surface area (Å²) in [6.45, 7) is 4.49. The Balaban J connectivity index is 1.48. The first-order valence-electron chi connectivity index (χ1n) is 9.18. The van der Waals surface area contributed by atoms with Crippen molar-refractivity contribution in [2.45, 2.75) is 83.7 Å². The zero-order chi connectivity index (χ0) is 15.5. The highest BCUT2D eigenvalue weighted by Crippen LogP contribution is 2.51. The van der Waals surface area contributed by atoms with Gasteiger partial charge in [-0.2, -0.15) is 0 Å². The Morgan fingerprint density at radius 2 is 1.86 bits per heavy atom. The van der Waals surface area contributed by atoms with Crippen molar-refractivity contribution in [1.29, 1.82) is 0 Å². The fraction of sp³-hybridized carbons (Fsp3) is 0.944. The molecule has 1 saturated heterocycles. The Labute approximate surface area is 133 Å². The summed E-state index contributed by atoms with van der Waals surface area (Å²) in [5, 5.41) is 0. The van der Waals surface area contributed by atoms with Crippen molar-refractivity contribution >= 4 is 5.97 Å². The van der Waals surface area contributed by atoms with Gasteiger partial charge in [0.1, 0.15) is 0 Å². The van der Waals surface area contributed by atoms with E-state index in [2.05, 4.69) is 6.92 Å². The van der Waals surface area contributed by atoms with Gasteiger partial charge in [0.15, 0.2) is 6.29 Å². The lowest BCUT2D eigenvalue weighted by molar-refractivity contribution is -0.269. The van der Waals surface area contributed by atoms with Gasteiger partial charge in [-0.05, 0) is 51.4 Å². The fourth-order valence-electron chi connectivity index (χ4n) is 4.52. The first-order chi connectivity index (χ1) is 10.7. The second-order valence-corrected chi connectivity index (χ2v) is 7.18. The van der Waals surface area contributed by atoms with Gasteiger partial charge in [0.25, 0.3) is 0 Å². The van der Waals surface area contributed by atoms with Crippen LogP contribution >= 0.6 is 0 Å². The van der Waals surface area contributed by atoms with Crippen LogP contribution < -0.4 is 0 Å². The van der Waals surface area contributed by atoms with Gasteiger partial charge in [-0.25, -0.2) is 0 Å². The monoisotopic (exact) mass is 310 g/mol. The summed E-state index contributed by atoms with van der Waals surface area (Å²) in [7, 11) is 0. The number of carbonyl (C=O) groups is 1. The fourth-order valence-corrected chi connectivity index (χ4v) is 4.52. The smallest absolute Gasteiger partial charge is 0.308 e. The maximum absolute atomic E-state index is 12.1. The molecule has 2 bridgehead atoms. The van der Waals surface area contributed by atoms with Gasteiger partial charge in [-0.15, -0.1) is 0 Å². The van der Waals surface area contributed by atoms with E-state index >= 15 is 0 Å². The molecule has 3 fully saturated rings. The van der Waals surface area contributed by atoms with E-state index in [4.69, 9.17) is 14.2 Å². The minimum atomic E-state index is -0.108. The molecule has 3 atom stereocenters. The van der Waals surface area contributed by atoms with Crippen molar-refractivity contribution < 1.29 is 19.0 Å². The average molecular weight is 310 g/mol. The summed E-state index contributed by atoms with van der Waals surface area (Å²) >= 11 is 0. The normalized spacial score (nSPS) is 37.3. The van der Waals surface area contributed by atoms with Crippen molar-refractivity contribution in [3.05, 3.63) is 0 Å². The molecular weight excluding hydrogens is 280 g/mol. The molecule has 1 heterocycles. The summed E-state index contributed by atoms with van der Waals surface area (Å²) in [6.07, 6.45) is 9.20. The van der Waals surface area contributed by atoms with Crippen LogP contribution in [0.25, 0.3) is 0 Å². The molecule has 0 aromatic heterocycles. The predicted molar refractivity (Wildman–Crippen MR) is 83.2 cm³/mol. The molecule has 0 N–H and O–H groups in total. The maximum Gasteiger partial charge on any atom is 0.308 e. The predicted octanol–water partition coefficient (Wildman–Crippen LogP) is 3.68. The van der Waals surface area contributed by atoms with Crippen LogP contribution in [0.4, 0.5) is 0 Å². The van der Waals surface area contributed by atoms with Gasteiger partial charge in [-0.1, -0.05) is 19.8 Å². The van der Waals surface area contributed by atoms with E-state index in [0.29, 0.717) is 24.7 Å². The number of carbonyl (C=O) groups excluding carboxylic acids is 1. The Morgan fingerprint density at radius 3 is 2.45 bits per heavy atom. The zero-order valence-corrected chi connectivity index (χ0v) is 14.0. The SMILES string of the molecule is CCCCC(CCC1OC2CC3CC(O1)C2C3)C(=O)OCC. The number of fused-ring (bicyclic) bond motifs is 1. The summed E-state index contributed by atoms with van der Waals surface area (Å²) in [5.41, 5.74) is 0. The molecule has 2 aliphatic carbocycles. The van der Waals surface area contributed by atoms with Crippen LogP contribution in [0.1, 0.15) is 65.2 Å². The molecule has 0 radical (unpaired) electrons. The number of hydrogen-bond donors (Lipinski definition) is 0. The third kappa shape index (κ3) is 3.48. The molecule has 126 valence electrons. The van der Waals surface area contributed by atoms with Crippen molar-refractivity contribution in [1.82, 2.24) is 0 Å². The van der Waals surface area contributed by atoms with Crippen LogP contribution in [0.3, 0.4) is 0 Å². The molecule has 22 heavy (non-hydrogen) atoms. The maximum atomic E-state index is 12.1. The van der Waals surface area contributed by atoms with Crippen LogP contribution in [0.5, 0.6) is 0 Å². The van der Waals surface area contributed by atoms with Crippen molar-refractivity contribution in [3.8, 4) is 0 Å². The van der Waals surface area contributed by atoms with Crippen molar-refractivity contribution in [3.63, 3.8) is 0 Å². The second-order valence-electron chi connectivity index (χ2n) is 7.18. The third-order valence-corrected chi connectivity index (χ3v) is 5.62. The first-order valence-corrected chi connectivity index (χ1v) is 9.18. The molecule has 1 aliphatic heterocycles.